The van der Waals surface area contributed by atoms with Crippen LogP contribution in [0.2, 0.25) is 0 Å². The normalized spacial score (nSPS) is 12.2. The van der Waals surface area contributed by atoms with Crippen LogP contribution in [0, 0.1) is 11.6 Å². The lowest BCUT2D eigenvalue weighted by molar-refractivity contribution is 0.562. The summed E-state index contributed by atoms with van der Waals surface area (Å²) in [5.74, 6) is -1.20. The summed E-state index contributed by atoms with van der Waals surface area (Å²) in [5.41, 5.74) is 6.83. The van der Waals surface area contributed by atoms with E-state index in [1.54, 1.807) is 0 Å². The Labute approximate surface area is 118 Å². The summed E-state index contributed by atoms with van der Waals surface area (Å²) in [5, 5.41) is 3.13. The molecular weight excluding hydrogens is 314 g/mol. The number of rotatable bonds is 4. The zero-order chi connectivity index (χ0) is 13.8. The van der Waals surface area contributed by atoms with Gasteiger partial charge in [0, 0.05) is 28.3 Å². The molecule has 0 saturated carbocycles. The summed E-state index contributed by atoms with van der Waals surface area (Å²) in [6, 6.07) is 10.6. The predicted octanol–water partition coefficient (Wildman–Crippen LogP) is 3.84. The Kier molecular flexibility index (Phi) is 4.50. The minimum atomic E-state index is -0.599. The fourth-order valence-electron chi connectivity index (χ4n) is 1.83. The van der Waals surface area contributed by atoms with Gasteiger partial charge in [0.15, 0.2) is 0 Å². The van der Waals surface area contributed by atoms with Gasteiger partial charge in [-0.2, -0.15) is 0 Å². The van der Waals surface area contributed by atoms with Crippen molar-refractivity contribution >= 4 is 21.6 Å². The summed E-state index contributed by atoms with van der Waals surface area (Å²) in [7, 11) is 0. The number of nitrogens with two attached hydrogens (primary N) is 1. The van der Waals surface area contributed by atoms with Gasteiger partial charge in [-0.15, -0.1) is 0 Å². The lowest BCUT2D eigenvalue weighted by Crippen LogP contribution is -2.21. The molecule has 0 aliphatic rings. The fourth-order valence-corrected chi connectivity index (χ4v) is 2.23. The molecule has 0 radical (unpaired) electrons. The Morgan fingerprint density at radius 3 is 2.58 bits per heavy atom. The van der Waals surface area contributed by atoms with Gasteiger partial charge >= 0.3 is 0 Å². The Balaban J connectivity index is 2.25. The molecule has 0 aliphatic carbocycles. The van der Waals surface area contributed by atoms with Crippen LogP contribution in [0.1, 0.15) is 11.6 Å². The molecule has 0 aliphatic heterocycles. The van der Waals surface area contributed by atoms with Gasteiger partial charge in [0.1, 0.15) is 11.6 Å². The van der Waals surface area contributed by atoms with E-state index in [2.05, 4.69) is 21.2 Å². The van der Waals surface area contributed by atoms with E-state index in [9.17, 15) is 8.78 Å². The van der Waals surface area contributed by atoms with Crippen molar-refractivity contribution in [1.29, 1.82) is 0 Å². The Bertz CT molecular complexity index is 575. The maximum atomic E-state index is 13.7. The van der Waals surface area contributed by atoms with Crippen LogP contribution in [0.25, 0.3) is 0 Å². The molecule has 100 valence electrons. The maximum absolute atomic E-state index is 13.7. The van der Waals surface area contributed by atoms with Crippen LogP contribution in [-0.2, 0) is 0 Å². The third kappa shape index (κ3) is 3.52. The van der Waals surface area contributed by atoms with Crippen molar-refractivity contribution in [3.8, 4) is 0 Å². The third-order valence-corrected chi connectivity index (χ3v) is 3.23. The molecule has 0 saturated heterocycles. The first-order chi connectivity index (χ1) is 9.10. The first-order valence-electron chi connectivity index (χ1n) is 5.77. The van der Waals surface area contributed by atoms with Crippen LogP contribution in [0.3, 0.4) is 0 Å². The highest BCUT2D eigenvalue weighted by Gasteiger charge is 2.14. The number of hydrogen-bond acceptors (Lipinski definition) is 2. The largest absolute Gasteiger partial charge is 0.377 e. The molecule has 2 aromatic carbocycles. The molecule has 5 heteroatoms. The minimum Gasteiger partial charge on any atom is -0.377 e. The van der Waals surface area contributed by atoms with E-state index in [0.717, 1.165) is 16.2 Å². The Hall–Kier alpha value is -1.46. The van der Waals surface area contributed by atoms with E-state index in [-0.39, 0.29) is 6.54 Å². The Morgan fingerprint density at radius 2 is 1.95 bits per heavy atom. The second-order valence-electron chi connectivity index (χ2n) is 4.11. The molecule has 0 fully saturated rings. The molecule has 0 amide bonds. The zero-order valence-electron chi connectivity index (χ0n) is 10.0. The van der Waals surface area contributed by atoms with Crippen molar-refractivity contribution in [2.45, 2.75) is 6.04 Å². The third-order valence-electron chi connectivity index (χ3n) is 2.74. The summed E-state index contributed by atoms with van der Waals surface area (Å²) in [4.78, 5) is 0. The van der Waals surface area contributed by atoms with Crippen molar-refractivity contribution in [3.63, 3.8) is 0 Å². The molecule has 1 unspecified atom stereocenters. The predicted molar refractivity (Wildman–Crippen MR) is 75.9 cm³/mol. The van der Waals surface area contributed by atoms with Gasteiger partial charge in [-0.05, 0) is 24.3 Å². The van der Waals surface area contributed by atoms with E-state index >= 15 is 0 Å². The number of halogens is 3. The molecule has 0 bridgehead atoms. The van der Waals surface area contributed by atoms with Crippen molar-refractivity contribution in [1.82, 2.24) is 0 Å². The maximum Gasteiger partial charge on any atom is 0.131 e. The average molecular weight is 327 g/mol. The van der Waals surface area contributed by atoms with Crippen molar-refractivity contribution in [2.75, 3.05) is 11.9 Å². The highest BCUT2D eigenvalue weighted by atomic mass is 79.9. The molecule has 1 atom stereocenters. The van der Waals surface area contributed by atoms with Gasteiger partial charge in [0.05, 0.1) is 6.04 Å². The SMILES string of the molecule is NCC(Nc1cccc(Br)c1)c1ccc(F)cc1F. The van der Waals surface area contributed by atoms with Crippen LogP contribution < -0.4 is 11.1 Å². The molecule has 0 heterocycles. The Morgan fingerprint density at radius 1 is 1.16 bits per heavy atom. The second kappa shape index (κ2) is 6.12. The molecule has 0 aromatic heterocycles. The summed E-state index contributed by atoms with van der Waals surface area (Å²) < 4.78 is 27.5. The lowest BCUT2D eigenvalue weighted by Gasteiger charge is -2.19. The van der Waals surface area contributed by atoms with Crippen LogP contribution >= 0.6 is 15.9 Å². The van der Waals surface area contributed by atoms with Crippen LogP contribution in [0.4, 0.5) is 14.5 Å². The molecule has 19 heavy (non-hydrogen) atoms. The topological polar surface area (TPSA) is 38.0 Å². The van der Waals surface area contributed by atoms with Gasteiger partial charge in [0.2, 0.25) is 0 Å². The van der Waals surface area contributed by atoms with Crippen LogP contribution in [-0.4, -0.2) is 6.54 Å². The molecule has 2 nitrogen and oxygen atoms in total. The smallest absolute Gasteiger partial charge is 0.131 e. The molecule has 3 N–H and O–H groups in total. The number of benzene rings is 2. The minimum absolute atomic E-state index is 0.203. The molecule has 2 rings (SSSR count). The van der Waals surface area contributed by atoms with E-state index in [0.29, 0.717) is 5.56 Å². The van der Waals surface area contributed by atoms with E-state index in [4.69, 9.17) is 5.73 Å². The zero-order valence-corrected chi connectivity index (χ0v) is 11.6. The van der Waals surface area contributed by atoms with Crippen molar-refractivity contribution < 1.29 is 8.78 Å². The summed E-state index contributed by atoms with van der Waals surface area (Å²) >= 11 is 3.36. The van der Waals surface area contributed by atoms with E-state index in [1.165, 1.54) is 12.1 Å². The first-order valence-corrected chi connectivity index (χ1v) is 6.56. The van der Waals surface area contributed by atoms with Gasteiger partial charge < -0.3 is 11.1 Å². The quantitative estimate of drug-likeness (QED) is 0.895. The summed E-state index contributed by atoms with van der Waals surface area (Å²) in [6.07, 6.45) is 0. The van der Waals surface area contributed by atoms with E-state index < -0.39 is 17.7 Å². The van der Waals surface area contributed by atoms with Crippen LogP contribution in [0.5, 0.6) is 0 Å². The van der Waals surface area contributed by atoms with Gasteiger partial charge in [0.25, 0.3) is 0 Å². The second-order valence-corrected chi connectivity index (χ2v) is 5.02. The average Bonchev–Trinajstić information content (AvgIpc) is 2.37. The van der Waals surface area contributed by atoms with Crippen LogP contribution in [0.15, 0.2) is 46.9 Å². The standard InChI is InChI=1S/C14H13BrF2N2/c15-9-2-1-3-11(6-9)19-14(8-18)12-5-4-10(16)7-13(12)17/h1-7,14,19H,8,18H2. The highest BCUT2D eigenvalue weighted by Crippen LogP contribution is 2.23. The highest BCUT2D eigenvalue weighted by molar-refractivity contribution is 9.10. The monoisotopic (exact) mass is 326 g/mol. The van der Waals surface area contributed by atoms with Gasteiger partial charge in [-0.25, -0.2) is 8.78 Å². The molecule has 0 spiro atoms. The fraction of sp³-hybridized carbons (Fsp3) is 0.143. The number of hydrogen-bond donors (Lipinski definition) is 2. The summed E-state index contributed by atoms with van der Waals surface area (Å²) in [6.45, 7) is 0.203. The van der Waals surface area contributed by atoms with Crippen molar-refractivity contribution in [2.24, 2.45) is 5.73 Å². The van der Waals surface area contributed by atoms with E-state index in [1.807, 2.05) is 24.3 Å². The molecule has 2 aromatic rings. The first kappa shape index (κ1) is 14.0. The van der Waals surface area contributed by atoms with Crippen molar-refractivity contribution in [3.05, 3.63) is 64.1 Å². The molecular formula is C14H13BrF2N2. The lowest BCUT2D eigenvalue weighted by atomic mass is 10.1. The van der Waals surface area contributed by atoms with Gasteiger partial charge in [-0.3, -0.25) is 0 Å². The number of anilines is 1. The van der Waals surface area contributed by atoms with Gasteiger partial charge in [-0.1, -0.05) is 28.1 Å². The number of nitrogens with one attached hydrogen (secondary N) is 1.